The summed E-state index contributed by atoms with van der Waals surface area (Å²) in [7, 11) is 0. The van der Waals surface area contributed by atoms with Gasteiger partial charge in [0, 0.05) is 5.57 Å². The number of aliphatic carboxylic acids is 1. The normalized spacial score (nSPS) is 6.44. The van der Waals surface area contributed by atoms with Crippen molar-refractivity contribution in [2.75, 3.05) is 0 Å². The van der Waals surface area contributed by atoms with E-state index in [0.717, 1.165) is 0 Å². The first-order chi connectivity index (χ1) is 3.68. The Morgan fingerprint density at radius 1 is 1.67 bits per heavy atom. The summed E-state index contributed by atoms with van der Waals surface area (Å²) >= 11 is 0. The minimum atomic E-state index is -1.16. The molecule has 0 heterocycles. The van der Waals surface area contributed by atoms with Crippen LogP contribution in [-0.2, 0) is 4.79 Å². The van der Waals surface area contributed by atoms with Crippen molar-refractivity contribution in [3.8, 4) is 0 Å². The van der Waals surface area contributed by atoms with Crippen molar-refractivity contribution in [2.24, 2.45) is 0 Å². The van der Waals surface area contributed by atoms with Gasteiger partial charge in [-0.3, -0.25) is 0 Å². The molecule has 0 saturated heterocycles. The van der Waals surface area contributed by atoms with Gasteiger partial charge in [-0.15, -0.1) is 5.73 Å². The van der Waals surface area contributed by atoms with E-state index in [4.69, 9.17) is 0 Å². The molecule has 44 valence electrons. The van der Waals surface area contributed by atoms with Crippen molar-refractivity contribution in [2.45, 2.75) is 13.8 Å². The molecule has 0 aliphatic carbocycles. The van der Waals surface area contributed by atoms with Crippen molar-refractivity contribution in [3.63, 3.8) is 0 Å². The molecule has 0 aliphatic heterocycles. The van der Waals surface area contributed by atoms with Gasteiger partial charge in [-0.2, -0.15) is 0 Å². The van der Waals surface area contributed by atoms with E-state index >= 15 is 0 Å². The summed E-state index contributed by atoms with van der Waals surface area (Å²) in [6.07, 6.45) is 1.53. The third kappa shape index (κ3) is 5.46. The summed E-state index contributed by atoms with van der Waals surface area (Å²) in [4.78, 5) is 9.86. The van der Waals surface area contributed by atoms with Crippen LogP contribution in [-0.4, -0.2) is 5.97 Å². The molecule has 0 N–H and O–H groups in total. The molecule has 0 radical (unpaired) electrons. The first kappa shape index (κ1) is 11.4. The van der Waals surface area contributed by atoms with Gasteiger partial charge in [-0.05, 0) is 19.9 Å². The first-order valence-corrected chi connectivity index (χ1v) is 2.27. The van der Waals surface area contributed by atoms with Crippen LogP contribution < -0.4 is 24.0 Å². The Labute approximate surface area is 66.4 Å². The SMILES string of the molecule is CC=C=C(C)C(=O)[O-].[Li+]. The maximum Gasteiger partial charge on any atom is 1.00 e. The molecule has 0 aliphatic rings. The van der Waals surface area contributed by atoms with Crippen LogP contribution in [0.5, 0.6) is 0 Å². The molecular formula is C6H7LiO2. The van der Waals surface area contributed by atoms with Crippen molar-refractivity contribution < 1.29 is 28.8 Å². The van der Waals surface area contributed by atoms with Crippen LogP contribution >= 0.6 is 0 Å². The number of hydrogen-bond acceptors (Lipinski definition) is 2. The molecule has 0 aromatic heterocycles. The topological polar surface area (TPSA) is 40.1 Å². The van der Waals surface area contributed by atoms with E-state index in [1.807, 2.05) is 0 Å². The van der Waals surface area contributed by atoms with Crippen molar-refractivity contribution in [3.05, 3.63) is 17.4 Å². The summed E-state index contributed by atoms with van der Waals surface area (Å²) in [6.45, 7) is 3.14. The van der Waals surface area contributed by atoms with Crippen LogP contribution in [0.2, 0.25) is 0 Å². The molecule has 0 unspecified atom stereocenters. The Balaban J connectivity index is 0. The average Bonchev–Trinajstić information content (AvgIpc) is 1.67. The predicted octanol–water partition coefficient (Wildman–Crippen LogP) is -3.14. The van der Waals surface area contributed by atoms with Crippen LogP contribution in [0.15, 0.2) is 17.4 Å². The molecule has 0 aromatic carbocycles. The second-order valence-corrected chi connectivity index (χ2v) is 1.35. The number of carboxylic acid groups (broad SMARTS) is 1. The number of carbonyl (C=O) groups is 1. The Morgan fingerprint density at radius 2 is 2.11 bits per heavy atom. The third-order valence-electron chi connectivity index (χ3n) is 0.667. The largest absolute Gasteiger partial charge is 1.00 e. The maximum absolute atomic E-state index is 9.86. The van der Waals surface area contributed by atoms with Crippen molar-refractivity contribution in [1.82, 2.24) is 0 Å². The summed E-state index contributed by atoms with van der Waals surface area (Å²) in [6, 6.07) is 0. The molecule has 0 fully saturated rings. The fraction of sp³-hybridized carbons (Fsp3) is 0.333. The Hall–Kier alpha value is -0.413. The van der Waals surface area contributed by atoms with Gasteiger partial charge < -0.3 is 9.90 Å². The smallest absolute Gasteiger partial charge is 0.545 e. The molecule has 0 bridgehead atoms. The Morgan fingerprint density at radius 3 is 2.22 bits per heavy atom. The summed E-state index contributed by atoms with van der Waals surface area (Å²) in [5.41, 5.74) is 2.61. The van der Waals surface area contributed by atoms with E-state index in [1.54, 1.807) is 6.92 Å². The van der Waals surface area contributed by atoms with Gasteiger partial charge in [0.05, 0.1) is 5.97 Å². The van der Waals surface area contributed by atoms with E-state index in [2.05, 4.69) is 5.73 Å². The molecule has 9 heavy (non-hydrogen) atoms. The van der Waals surface area contributed by atoms with E-state index in [-0.39, 0.29) is 24.4 Å². The van der Waals surface area contributed by atoms with Gasteiger partial charge in [0.15, 0.2) is 0 Å². The molecular weight excluding hydrogens is 111 g/mol. The fourth-order valence-electron chi connectivity index (χ4n) is 0.275. The zero-order valence-corrected chi connectivity index (χ0v) is 5.89. The standard InChI is InChI=1S/C6H8O2.Li/c1-3-4-5(2)6(7)8;/h3H,1-2H3,(H,7,8);/q;+1/p-1. The van der Waals surface area contributed by atoms with Crippen LogP contribution in [0.3, 0.4) is 0 Å². The van der Waals surface area contributed by atoms with Gasteiger partial charge in [0.1, 0.15) is 0 Å². The van der Waals surface area contributed by atoms with Gasteiger partial charge in [0.25, 0.3) is 0 Å². The minimum Gasteiger partial charge on any atom is -0.545 e. The second-order valence-electron chi connectivity index (χ2n) is 1.35. The van der Waals surface area contributed by atoms with Gasteiger partial charge in [0.2, 0.25) is 0 Å². The molecule has 0 aromatic rings. The van der Waals surface area contributed by atoms with E-state index in [1.165, 1.54) is 13.0 Å². The average molecular weight is 118 g/mol. The number of carbonyl (C=O) groups excluding carboxylic acids is 1. The van der Waals surface area contributed by atoms with Crippen molar-refractivity contribution >= 4 is 5.97 Å². The van der Waals surface area contributed by atoms with E-state index in [9.17, 15) is 9.90 Å². The quantitative estimate of drug-likeness (QED) is 0.207. The molecule has 0 saturated carbocycles. The zero-order valence-electron chi connectivity index (χ0n) is 5.89. The summed E-state index contributed by atoms with van der Waals surface area (Å²) in [5.74, 6) is -1.16. The van der Waals surface area contributed by atoms with Gasteiger partial charge in [-0.1, -0.05) is 0 Å². The zero-order chi connectivity index (χ0) is 6.57. The van der Waals surface area contributed by atoms with Crippen LogP contribution in [0.4, 0.5) is 0 Å². The Kier molecular flexibility index (Phi) is 7.24. The van der Waals surface area contributed by atoms with Gasteiger partial charge in [-0.25, -0.2) is 0 Å². The predicted molar refractivity (Wildman–Crippen MR) is 28.0 cm³/mol. The third-order valence-corrected chi connectivity index (χ3v) is 0.667. The molecule has 0 spiro atoms. The monoisotopic (exact) mass is 118 g/mol. The maximum atomic E-state index is 9.86. The minimum absolute atomic E-state index is 0. The number of carboxylic acids is 1. The van der Waals surface area contributed by atoms with E-state index < -0.39 is 5.97 Å². The van der Waals surface area contributed by atoms with E-state index in [0.29, 0.717) is 0 Å². The molecule has 2 nitrogen and oxygen atoms in total. The molecule has 0 rings (SSSR count). The molecule has 0 atom stereocenters. The van der Waals surface area contributed by atoms with Gasteiger partial charge >= 0.3 is 18.9 Å². The molecule has 0 amide bonds. The fourth-order valence-corrected chi connectivity index (χ4v) is 0.275. The van der Waals surface area contributed by atoms with Crippen LogP contribution in [0.1, 0.15) is 13.8 Å². The number of rotatable bonds is 1. The first-order valence-electron chi connectivity index (χ1n) is 2.27. The molecule has 3 heteroatoms. The Bertz CT molecular complexity index is 154. The van der Waals surface area contributed by atoms with Crippen molar-refractivity contribution in [1.29, 1.82) is 0 Å². The van der Waals surface area contributed by atoms with Crippen LogP contribution in [0.25, 0.3) is 0 Å². The second kappa shape index (κ2) is 5.72. The van der Waals surface area contributed by atoms with Crippen LogP contribution in [0, 0.1) is 0 Å². The summed E-state index contributed by atoms with van der Waals surface area (Å²) in [5, 5.41) is 9.86. The number of hydrogen-bond donors (Lipinski definition) is 0. The summed E-state index contributed by atoms with van der Waals surface area (Å²) < 4.78 is 0.